The third kappa shape index (κ3) is 5.84. The van der Waals surface area contributed by atoms with Gasteiger partial charge in [0.15, 0.2) is 5.78 Å². The van der Waals surface area contributed by atoms with Gasteiger partial charge in [0.25, 0.3) is 0 Å². The fourth-order valence-electron chi connectivity index (χ4n) is 6.31. The number of benzene rings is 3. The molecule has 1 aromatic heterocycles. The Labute approximate surface area is 261 Å². The van der Waals surface area contributed by atoms with E-state index in [0.717, 1.165) is 44.9 Å². The van der Waals surface area contributed by atoms with Crippen LogP contribution in [0.2, 0.25) is 10.0 Å². The van der Waals surface area contributed by atoms with Gasteiger partial charge in [-0.25, -0.2) is 0 Å². The van der Waals surface area contributed by atoms with Gasteiger partial charge in [-0.05, 0) is 71.8 Å². The number of nitrogens with zero attached hydrogens (tertiary/aromatic N) is 1. The van der Waals surface area contributed by atoms with Crippen LogP contribution in [0.4, 0.5) is 11.4 Å². The molecule has 2 aliphatic rings. The third-order valence-corrected chi connectivity index (χ3v) is 8.83. The lowest BCUT2D eigenvalue weighted by Crippen LogP contribution is -2.42. The van der Waals surface area contributed by atoms with Gasteiger partial charge in [0.05, 0.1) is 31.1 Å². The Morgan fingerprint density at radius 2 is 1.91 bits per heavy atom. The number of rotatable bonds is 7. The molecular formula is C34H34Cl2N4O3. The number of methoxy groups -OCH3 is 1. The van der Waals surface area contributed by atoms with Crippen molar-refractivity contribution in [2.24, 2.45) is 5.41 Å². The topological polar surface area (TPSA) is 86.5 Å². The lowest BCUT2D eigenvalue weighted by Gasteiger charge is -2.38. The van der Waals surface area contributed by atoms with Crippen LogP contribution in [0.5, 0.6) is 5.75 Å². The number of fused-ring (bicyclic) bond motifs is 2. The van der Waals surface area contributed by atoms with E-state index in [1.54, 1.807) is 19.2 Å². The first-order valence-electron chi connectivity index (χ1n) is 14.4. The number of anilines is 2. The molecule has 1 aliphatic heterocycles. The molecule has 4 aromatic rings. The van der Waals surface area contributed by atoms with E-state index in [4.69, 9.17) is 27.9 Å². The number of nitrogens with one attached hydrogen (secondary N) is 3. The predicted molar refractivity (Wildman–Crippen MR) is 173 cm³/mol. The summed E-state index contributed by atoms with van der Waals surface area (Å²) in [7, 11) is 1.65. The Hall–Kier alpha value is -3.94. The molecule has 0 saturated carbocycles. The van der Waals surface area contributed by atoms with E-state index in [9.17, 15) is 9.59 Å². The van der Waals surface area contributed by atoms with Crippen LogP contribution >= 0.6 is 23.2 Å². The van der Waals surface area contributed by atoms with Crippen LogP contribution in [0, 0.1) is 5.41 Å². The summed E-state index contributed by atoms with van der Waals surface area (Å²) in [6.45, 7) is 4.68. The summed E-state index contributed by atoms with van der Waals surface area (Å²) in [6.07, 6.45) is 3.71. The van der Waals surface area contributed by atoms with Crippen molar-refractivity contribution >= 4 is 57.2 Å². The predicted octanol–water partition coefficient (Wildman–Crippen LogP) is 7.46. The van der Waals surface area contributed by atoms with Crippen LogP contribution in [-0.4, -0.2) is 36.9 Å². The number of H-pyrrole nitrogens is 1. The summed E-state index contributed by atoms with van der Waals surface area (Å²) in [5, 5.41) is 8.69. The molecule has 222 valence electrons. The fraction of sp³-hybridized carbons (Fsp3) is 0.294. The first-order valence-corrected chi connectivity index (χ1v) is 15.1. The Kier molecular flexibility index (Phi) is 7.88. The molecule has 3 aromatic carbocycles. The zero-order valence-corrected chi connectivity index (χ0v) is 25.9. The minimum Gasteiger partial charge on any atom is -0.497 e. The summed E-state index contributed by atoms with van der Waals surface area (Å²) in [5.41, 5.74) is 5.79. The lowest BCUT2D eigenvalue weighted by molar-refractivity contribution is -0.120. The second-order valence-corrected chi connectivity index (χ2v) is 12.8. The Bertz CT molecular complexity index is 1760. The third-order valence-electron chi connectivity index (χ3n) is 8.27. The van der Waals surface area contributed by atoms with Gasteiger partial charge in [0.1, 0.15) is 5.75 Å². The number of para-hydroxylation sites is 2. The highest BCUT2D eigenvalue weighted by molar-refractivity contribution is 6.35. The monoisotopic (exact) mass is 616 g/mol. The maximum absolute atomic E-state index is 13.9. The van der Waals surface area contributed by atoms with E-state index >= 15 is 0 Å². The first kappa shape index (κ1) is 29.1. The molecule has 2 heterocycles. The number of hydrogen-bond donors (Lipinski definition) is 3. The van der Waals surface area contributed by atoms with Crippen LogP contribution in [0.25, 0.3) is 10.9 Å². The van der Waals surface area contributed by atoms with Crippen molar-refractivity contribution in [3.63, 3.8) is 0 Å². The molecule has 0 saturated heterocycles. The van der Waals surface area contributed by atoms with Crippen LogP contribution < -0.4 is 20.3 Å². The molecular weight excluding hydrogens is 583 g/mol. The number of carbonyl (C=O) groups excluding carboxylic acids is 2. The second-order valence-electron chi connectivity index (χ2n) is 12.0. The van der Waals surface area contributed by atoms with Gasteiger partial charge in [-0.2, -0.15) is 0 Å². The first-order chi connectivity index (χ1) is 20.6. The Balaban J connectivity index is 1.33. The van der Waals surface area contributed by atoms with Gasteiger partial charge in [0.2, 0.25) is 5.91 Å². The van der Waals surface area contributed by atoms with Crippen molar-refractivity contribution < 1.29 is 14.3 Å². The average molecular weight is 618 g/mol. The molecule has 0 bridgehead atoms. The molecule has 7 nitrogen and oxygen atoms in total. The number of ketones is 1. The number of aromatic amines is 1. The van der Waals surface area contributed by atoms with Crippen LogP contribution in [0.15, 0.2) is 78.1 Å². The highest BCUT2D eigenvalue weighted by atomic mass is 35.5. The fourth-order valence-corrected chi connectivity index (χ4v) is 6.82. The standard InChI is InChI=1S/C34H34Cl2N4O3/c1-34(2)16-28-32(30(41)17-34)33(23-10-8-21(35)14-25(23)36)40(29-7-5-4-6-27(29)39-28)19-31(42)37-13-12-20-18-38-26-11-9-22(43-3)15-24(20)26/h4-11,14-15,18,33,38-39H,12-13,16-17,19H2,1-3H3,(H,37,42). The number of hydrogen-bond acceptors (Lipinski definition) is 5. The number of amides is 1. The maximum atomic E-state index is 13.9. The molecule has 1 atom stereocenters. The summed E-state index contributed by atoms with van der Waals surface area (Å²) < 4.78 is 5.39. The highest BCUT2D eigenvalue weighted by Crippen LogP contribution is 2.49. The zero-order valence-electron chi connectivity index (χ0n) is 24.4. The molecule has 1 amide bonds. The van der Waals surface area contributed by atoms with Crippen molar-refractivity contribution in [3.8, 4) is 5.75 Å². The normalized spacial score (nSPS) is 17.7. The Morgan fingerprint density at radius 1 is 1.09 bits per heavy atom. The molecule has 9 heteroatoms. The Morgan fingerprint density at radius 3 is 2.70 bits per heavy atom. The van der Waals surface area contributed by atoms with Crippen molar-refractivity contribution in [1.82, 2.24) is 10.3 Å². The number of aromatic nitrogens is 1. The molecule has 0 spiro atoms. The SMILES string of the molecule is COc1ccc2[nH]cc(CCNC(=O)CN3c4ccccc4NC4=C(C(=O)CC(C)(C)C4)C3c3ccc(Cl)cc3Cl)c2c1. The van der Waals surface area contributed by atoms with E-state index in [0.29, 0.717) is 41.4 Å². The lowest BCUT2D eigenvalue weighted by atomic mass is 9.73. The van der Waals surface area contributed by atoms with Crippen LogP contribution in [0.1, 0.15) is 43.9 Å². The van der Waals surface area contributed by atoms with Crippen molar-refractivity contribution in [1.29, 1.82) is 0 Å². The molecule has 1 aliphatic carbocycles. The second kappa shape index (κ2) is 11.6. The van der Waals surface area contributed by atoms with Gasteiger partial charge in [-0.1, -0.05) is 55.2 Å². The van der Waals surface area contributed by atoms with E-state index in [2.05, 4.69) is 29.5 Å². The average Bonchev–Trinajstić information content (AvgIpc) is 3.30. The van der Waals surface area contributed by atoms with Crippen LogP contribution in [0.3, 0.4) is 0 Å². The molecule has 1 unspecified atom stereocenters. The highest BCUT2D eigenvalue weighted by Gasteiger charge is 2.42. The number of carbonyl (C=O) groups is 2. The molecule has 3 N–H and O–H groups in total. The van der Waals surface area contributed by atoms with Gasteiger partial charge < -0.3 is 25.3 Å². The molecule has 6 rings (SSSR count). The summed E-state index contributed by atoms with van der Waals surface area (Å²) in [4.78, 5) is 32.8. The number of halogens is 2. The maximum Gasteiger partial charge on any atom is 0.239 e. The zero-order chi connectivity index (χ0) is 30.3. The van der Waals surface area contributed by atoms with Crippen molar-refractivity contribution in [2.45, 2.75) is 39.2 Å². The number of allylic oxidation sites excluding steroid dienone is 1. The van der Waals surface area contributed by atoms with Crippen LogP contribution in [-0.2, 0) is 16.0 Å². The summed E-state index contributed by atoms with van der Waals surface area (Å²) in [5.74, 6) is 0.671. The molecule has 43 heavy (non-hydrogen) atoms. The summed E-state index contributed by atoms with van der Waals surface area (Å²) in [6, 6.07) is 18.5. The number of Topliss-reactive ketones (excluding diaryl/α,β-unsaturated/α-hetero) is 1. The largest absolute Gasteiger partial charge is 0.497 e. The summed E-state index contributed by atoms with van der Waals surface area (Å²) >= 11 is 13.1. The van der Waals surface area contributed by atoms with E-state index < -0.39 is 6.04 Å². The number of ether oxygens (including phenoxy) is 1. The molecule has 0 fully saturated rings. The van der Waals surface area contributed by atoms with Gasteiger partial charge in [-0.15, -0.1) is 0 Å². The quantitative estimate of drug-likeness (QED) is 0.201. The van der Waals surface area contributed by atoms with Gasteiger partial charge >= 0.3 is 0 Å². The smallest absolute Gasteiger partial charge is 0.239 e. The van der Waals surface area contributed by atoms with Gasteiger partial charge in [-0.3, -0.25) is 9.59 Å². The van der Waals surface area contributed by atoms with E-state index in [-0.39, 0.29) is 23.7 Å². The van der Waals surface area contributed by atoms with Gasteiger partial charge in [0, 0.05) is 51.4 Å². The molecule has 0 radical (unpaired) electrons. The minimum absolute atomic E-state index is 0.0253. The van der Waals surface area contributed by atoms with Crippen molar-refractivity contribution in [2.75, 3.05) is 30.4 Å². The minimum atomic E-state index is -0.577. The van der Waals surface area contributed by atoms with Crippen molar-refractivity contribution in [3.05, 3.63) is 99.3 Å². The van der Waals surface area contributed by atoms with E-state index in [1.165, 1.54) is 0 Å². The van der Waals surface area contributed by atoms with E-state index in [1.807, 2.05) is 59.6 Å².